The third kappa shape index (κ3) is 5.35. The zero-order chi connectivity index (χ0) is 30.2. The fourth-order valence-electron chi connectivity index (χ4n) is 7.09. The molecular weight excluding hydrogens is 545 g/mol. The molecule has 1 saturated carbocycles. The minimum absolute atomic E-state index is 0.00789. The number of rotatable bonds is 5. The van der Waals surface area contributed by atoms with Crippen molar-refractivity contribution >= 4 is 10.3 Å². The van der Waals surface area contributed by atoms with Crippen molar-refractivity contribution in [2.45, 2.75) is 129 Å². The van der Waals surface area contributed by atoms with Crippen LogP contribution in [-0.2, 0) is 27.1 Å². The first-order valence-corrected chi connectivity index (χ1v) is 17.3. The number of aromatic nitrogens is 2. The molecule has 5 rings (SSSR count). The van der Waals surface area contributed by atoms with Gasteiger partial charge in [-0.25, -0.2) is 0 Å². The Labute approximate surface area is 245 Å². The van der Waals surface area contributed by atoms with Gasteiger partial charge >= 0.3 is 6.18 Å². The number of ether oxygens (including phenoxy) is 1. The summed E-state index contributed by atoms with van der Waals surface area (Å²) in [7, 11) is -1.43. The van der Waals surface area contributed by atoms with Crippen molar-refractivity contribution in [1.82, 2.24) is 9.97 Å². The SMILES string of the molecule is CCS(C)(O[C@H]1CC(C)(C)Cc2nc(C(C)C)c3c(c21)C1(CCCC1)O[C@@H]3c1ccc(C(F)(F)F)nc1)C(C)(C)C. The summed E-state index contributed by atoms with van der Waals surface area (Å²) >= 11 is 0. The molecule has 2 aliphatic carbocycles. The molecule has 0 N–H and O–H groups in total. The van der Waals surface area contributed by atoms with E-state index >= 15 is 0 Å². The highest BCUT2D eigenvalue weighted by Gasteiger charge is 2.54. The molecule has 41 heavy (non-hydrogen) atoms. The maximum Gasteiger partial charge on any atom is 0.433 e. The third-order valence-electron chi connectivity index (χ3n) is 9.66. The van der Waals surface area contributed by atoms with Crippen molar-refractivity contribution in [1.29, 1.82) is 0 Å². The van der Waals surface area contributed by atoms with Crippen LogP contribution in [0.15, 0.2) is 18.3 Å². The highest BCUT2D eigenvalue weighted by atomic mass is 32.3. The van der Waals surface area contributed by atoms with E-state index in [-0.39, 0.29) is 22.2 Å². The second kappa shape index (κ2) is 10.2. The largest absolute Gasteiger partial charge is 0.433 e. The summed E-state index contributed by atoms with van der Waals surface area (Å²) in [5.41, 5.74) is 4.87. The van der Waals surface area contributed by atoms with Crippen molar-refractivity contribution in [3.05, 3.63) is 57.7 Å². The highest BCUT2D eigenvalue weighted by molar-refractivity contribution is 8.30. The van der Waals surface area contributed by atoms with Crippen LogP contribution in [0.25, 0.3) is 0 Å². The van der Waals surface area contributed by atoms with Crippen LogP contribution in [0.5, 0.6) is 0 Å². The number of nitrogens with zero attached hydrogens (tertiary/aromatic N) is 2. The molecule has 228 valence electrons. The van der Waals surface area contributed by atoms with Gasteiger partial charge in [-0.1, -0.05) is 74.3 Å². The van der Waals surface area contributed by atoms with Crippen LogP contribution in [0.3, 0.4) is 0 Å². The van der Waals surface area contributed by atoms with Crippen molar-refractivity contribution in [3.63, 3.8) is 0 Å². The maximum atomic E-state index is 13.4. The summed E-state index contributed by atoms with van der Waals surface area (Å²) in [5, 5.41) is 0. The molecule has 2 aromatic heterocycles. The van der Waals surface area contributed by atoms with Gasteiger partial charge in [-0.2, -0.15) is 13.2 Å². The molecule has 1 spiro atoms. The zero-order valence-corrected chi connectivity index (χ0v) is 27.0. The van der Waals surface area contributed by atoms with Crippen molar-refractivity contribution in [2.24, 2.45) is 5.41 Å². The van der Waals surface area contributed by atoms with Gasteiger partial charge in [-0.05, 0) is 60.7 Å². The molecule has 4 nitrogen and oxygen atoms in total. The number of fused-ring (bicyclic) bond motifs is 4. The summed E-state index contributed by atoms with van der Waals surface area (Å²) in [6.45, 7) is 18.0. The van der Waals surface area contributed by atoms with Crippen LogP contribution in [0.1, 0.15) is 145 Å². The van der Waals surface area contributed by atoms with Gasteiger partial charge < -0.3 is 8.92 Å². The van der Waals surface area contributed by atoms with E-state index in [1.165, 1.54) is 23.4 Å². The number of alkyl halides is 3. The van der Waals surface area contributed by atoms with Crippen molar-refractivity contribution in [3.8, 4) is 0 Å². The number of halogens is 3. The monoisotopic (exact) mass is 592 g/mol. The van der Waals surface area contributed by atoms with E-state index in [4.69, 9.17) is 13.9 Å². The van der Waals surface area contributed by atoms with Crippen LogP contribution < -0.4 is 0 Å². The second-order valence-electron chi connectivity index (χ2n) is 14.5. The lowest BCUT2D eigenvalue weighted by Crippen LogP contribution is -2.36. The summed E-state index contributed by atoms with van der Waals surface area (Å²) in [5.74, 6) is 1.09. The molecule has 1 fully saturated rings. The molecule has 0 bridgehead atoms. The summed E-state index contributed by atoms with van der Waals surface area (Å²) in [6.07, 6.45) is 4.23. The molecule has 1 aliphatic heterocycles. The first kappa shape index (κ1) is 30.8. The molecular formula is C33H47F3N2O2S. The highest BCUT2D eigenvalue weighted by Crippen LogP contribution is 2.64. The van der Waals surface area contributed by atoms with E-state index in [2.05, 4.69) is 66.6 Å². The van der Waals surface area contributed by atoms with Gasteiger partial charge in [0.05, 0.1) is 11.7 Å². The lowest BCUT2D eigenvalue weighted by molar-refractivity contribution is -0.141. The van der Waals surface area contributed by atoms with Crippen LogP contribution >= 0.6 is 10.3 Å². The molecule has 0 aromatic carbocycles. The average molecular weight is 593 g/mol. The van der Waals surface area contributed by atoms with Crippen molar-refractivity contribution < 1.29 is 22.1 Å². The van der Waals surface area contributed by atoms with Crippen LogP contribution in [-0.4, -0.2) is 26.7 Å². The van der Waals surface area contributed by atoms with Gasteiger partial charge in [-0.15, -0.1) is 10.3 Å². The third-order valence-corrected chi connectivity index (χ3v) is 14.0. The Morgan fingerprint density at radius 1 is 1.10 bits per heavy atom. The summed E-state index contributed by atoms with van der Waals surface area (Å²) < 4.78 is 54.5. The molecule has 8 heteroatoms. The molecule has 2 aromatic rings. The van der Waals surface area contributed by atoms with Gasteiger partial charge in [0.1, 0.15) is 11.8 Å². The van der Waals surface area contributed by atoms with E-state index in [1.807, 2.05) is 0 Å². The predicted octanol–water partition coefficient (Wildman–Crippen LogP) is 9.71. The number of pyridine rings is 2. The minimum atomic E-state index is -4.48. The number of hydrogen-bond donors (Lipinski definition) is 0. The van der Waals surface area contributed by atoms with E-state index in [0.717, 1.165) is 67.3 Å². The molecule has 0 radical (unpaired) electrons. The van der Waals surface area contributed by atoms with E-state index in [1.54, 1.807) is 0 Å². The Hall–Kier alpha value is -1.64. The second-order valence-corrected chi connectivity index (χ2v) is 18.5. The quantitative estimate of drug-likeness (QED) is 0.347. The average Bonchev–Trinajstić information content (AvgIpc) is 3.46. The summed E-state index contributed by atoms with van der Waals surface area (Å²) in [4.78, 5) is 9.20. The van der Waals surface area contributed by atoms with Gasteiger partial charge in [0.2, 0.25) is 0 Å². The first-order chi connectivity index (χ1) is 18.9. The van der Waals surface area contributed by atoms with Crippen LogP contribution in [0, 0.1) is 5.41 Å². The fraction of sp³-hybridized carbons (Fsp3) is 0.697. The Morgan fingerprint density at radius 2 is 1.76 bits per heavy atom. The van der Waals surface area contributed by atoms with Gasteiger partial charge in [0.15, 0.2) is 0 Å². The molecule has 3 atom stereocenters. The normalized spacial score (nSPS) is 25.7. The minimum Gasteiger partial charge on any atom is -0.357 e. The Morgan fingerprint density at radius 3 is 2.27 bits per heavy atom. The van der Waals surface area contributed by atoms with E-state index in [0.29, 0.717) is 5.56 Å². The van der Waals surface area contributed by atoms with Crippen LogP contribution in [0.4, 0.5) is 13.2 Å². The Balaban J connectivity index is 1.75. The van der Waals surface area contributed by atoms with E-state index < -0.39 is 33.9 Å². The summed E-state index contributed by atoms with van der Waals surface area (Å²) in [6, 6.07) is 2.61. The molecule has 3 heterocycles. The van der Waals surface area contributed by atoms with Crippen molar-refractivity contribution in [2.75, 3.05) is 12.0 Å². The molecule has 0 saturated heterocycles. The van der Waals surface area contributed by atoms with Gasteiger partial charge in [-0.3, -0.25) is 9.97 Å². The Kier molecular flexibility index (Phi) is 7.68. The van der Waals surface area contributed by atoms with Crippen LogP contribution in [0.2, 0.25) is 0 Å². The molecule has 0 amide bonds. The van der Waals surface area contributed by atoms with E-state index in [9.17, 15) is 13.2 Å². The molecule has 3 aliphatic rings. The number of hydrogen-bond acceptors (Lipinski definition) is 4. The predicted molar refractivity (Wildman–Crippen MR) is 160 cm³/mol. The lowest BCUT2D eigenvalue weighted by atomic mass is 9.70. The van der Waals surface area contributed by atoms with Gasteiger partial charge in [0, 0.05) is 39.0 Å². The lowest BCUT2D eigenvalue weighted by Gasteiger charge is -2.51. The topological polar surface area (TPSA) is 44.2 Å². The fourth-order valence-corrected chi connectivity index (χ4v) is 9.06. The zero-order valence-electron chi connectivity index (χ0n) is 26.2. The first-order valence-electron chi connectivity index (χ1n) is 15.1. The Bertz CT molecular complexity index is 1290. The van der Waals surface area contributed by atoms with Gasteiger partial charge in [0.25, 0.3) is 0 Å². The molecule has 1 unspecified atom stereocenters. The maximum absolute atomic E-state index is 13.4. The standard InChI is InChI=1S/C33H47F3N2O2S/c1-10-41(9,30(4,5)6)40-23-18-31(7,8)17-22-25(23)27-26(28(38-22)20(2)3)29(39-32(27)15-11-12-16-32)21-13-14-24(37-19-21)33(34,35)36/h13-14,19-20,23,29H,10-12,15-18H2,1-9H3/t23-,29+/m0/s1. The smallest absolute Gasteiger partial charge is 0.357 e.